The van der Waals surface area contributed by atoms with Gasteiger partial charge in [0.05, 0.1) is 9.58 Å². The van der Waals surface area contributed by atoms with Gasteiger partial charge in [-0.1, -0.05) is 0 Å². The van der Waals surface area contributed by atoms with Crippen LogP contribution < -0.4 is 5.32 Å². The van der Waals surface area contributed by atoms with Crippen molar-refractivity contribution in [1.82, 2.24) is 15.2 Å². The average molecular weight is 287 g/mol. The Morgan fingerprint density at radius 1 is 1.45 bits per heavy atom. The minimum Gasteiger partial charge on any atom is -0.347 e. The molecule has 5 heteroatoms. The summed E-state index contributed by atoms with van der Waals surface area (Å²) in [6.07, 6.45) is 6.02. The molecular formula is C15H17N3OS. The van der Waals surface area contributed by atoms with Crippen LogP contribution in [-0.4, -0.2) is 41.5 Å². The smallest absolute Gasteiger partial charge is 0.261 e. The molecule has 2 saturated heterocycles. The van der Waals surface area contributed by atoms with Gasteiger partial charge in [0.15, 0.2) is 0 Å². The zero-order chi connectivity index (χ0) is 13.5. The molecule has 2 aromatic heterocycles. The number of aromatic nitrogens is 1. The van der Waals surface area contributed by atoms with Crippen LogP contribution in [-0.2, 0) is 0 Å². The van der Waals surface area contributed by atoms with Crippen molar-refractivity contribution >= 4 is 27.3 Å². The van der Waals surface area contributed by atoms with Crippen molar-refractivity contribution in [2.75, 3.05) is 19.6 Å². The minimum atomic E-state index is 0.0682. The average Bonchev–Trinajstić information content (AvgIpc) is 3.02. The molecule has 0 aromatic carbocycles. The van der Waals surface area contributed by atoms with E-state index in [1.807, 2.05) is 18.3 Å². The molecular weight excluding hydrogens is 270 g/mol. The first kappa shape index (κ1) is 12.3. The summed E-state index contributed by atoms with van der Waals surface area (Å²) in [4.78, 5) is 19.7. The maximum atomic E-state index is 12.4. The number of amides is 1. The molecule has 20 heavy (non-hydrogen) atoms. The first-order chi connectivity index (χ1) is 9.78. The van der Waals surface area contributed by atoms with Gasteiger partial charge in [0.2, 0.25) is 0 Å². The lowest BCUT2D eigenvalue weighted by molar-refractivity contribution is 0.0913. The highest BCUT2D eigenvalue weighted by Gasteiger charge is 2.33. The van der Waals surface area contributed by atoms with Gasteiger partial charge in [-0.2, -0.15) is 0 Å². The first-order valence-electron chi connectivity index (χ1n) is 7.15. The van der Waals surface area contributed by atoms with Crippen LogP contribution in [0.15, 0.2) is 24.5 Å². The predicted octanol–water partition coefficient (Wildman–Crippen LogP) is 2.12. The largest absolute Gasteiger partial charge is 0.347 e. The molecule has 4 nitrogen and oxygen atoms in total. The molecule has 4 rings (SSSR count). The molecule has 104 valence electrons. The lowest BCUT2D eigenvalue weighted by Gasteiger charge is -2.30. The Morgan fingerprint density at radius 3 is 3.25 bits per heavy atom. The molecule has 2 bridgehead atoms. The standard InChI is InChI=1S/C15H17N3OS/c19-15(13-6-11-1-3-16-7-14(11)20-13)17-12-5-10-2-4-18(8-10)9-12/h1,3,6-7,10,12H,2,4-5,8-9H2,(H,17,19). The Bertz CT molecular complexity index is 608. The molecule has 3 atom stereocenters. The third-order valence-electron chi connectivity index (χ3n) is 4.35. The van der Waals surface area contributed by atoms with Crippen LogP contribution in [0.5, 0.6) is 0 Å². The number of hydrogen-bond donors (Lipinski definition) is 1. The van der Waals surface area contributed by atoms with Gasteiger partial charge in [0.1, 0.15) is 0 Å². The van der Waals surface area contributed by atoms with E-state index in [-0.39, 0.29) is 5.91 Å². The molecule has 2 fully saturated rings. The molecule has 2 aromatic rings. The van der Waals surface area contributed by atoms with Crippen molar-refractivity contribution in [3.8, 4) is 0 Å². The Balaban J connectivity index is 1.49. The van der Waals surface area contributed by atoms with Gasteiger partial charge in [0.25, 0.3) is 5.91 Å². The van der Waals surface area contributed by atoms with Crippen LogP contribution in [0.3, 0.4) is 0 Å². The third-order valence-corrected chi connectivity index (χ3v) is 5.43. The lowest BCUT2D eigenvalue weighted by Crippen LogP contribution is -2.46. The van der Waals surface area contributed by atoms with Crippen LogP contribution in [0.1, 0.15) is 22.5 Å². The second-order valence-corrected chi connectivity index (χ2v) is 6.93. The fourth-order valence-corrected chi connectivity index (χ4v) is 4.35. The van der Waals surface area contributed by atoms with Crippen molar-refractivity contribution in [2.24, 2.45) is 5.92 Å². The van der Waals surface area contributed by atoms with Crippen molar-refractivity contribution < 1.29 is 4.79 Å². The summed E-state index contributed by atoms with van der Waals surface area (Å²) in [6.45, 7) is 3.43. The lowest BCUT2D eigenvalue weighted by atomic mass is 9.97. The number of thiophene rings is 1. The summed E-state index contributed by atoms with van der Waals surface area (Å²) < 4.78 is 1.07. The molecule has 0 saturated carbocycles. The molecule has 1 amide bonds. The molecule has 2 aliphatic rings. The number of piperidine rings is 1. The number of nitrogens with one attached hydrogen (secondary N) is 1. The van der Waals surface area contributed by atoms with E-state index in [4.69, 9.17) is 0 Å². The van der Waals surface area contributed by atoms with E-state index in [0.717, 1.165) is 33.8 Å². The van der Waals surface area contributed by atoms with Gasteiger partial charge in [-0.25, -0.2) is 0 Å². The maximum Gasteiger partial charge on any atom is 0.261 e. The van der Waals surface area contributed by atoms with E-state index < -0.39 is 0 Å². The SMILES string of the molecule is O=C(NC1CC2CCN(C2)C1)c1cc2ccncc2s1. The monoisotopic (exact) mass is 287 g/mol. The summed E-state index contributed by atoms with van der Waals surface area (Å²) in [5, 5.41) is 4.31. The summed E-state index contributed by atoms with van der Waals surface area (Å²) in [5.41, 5.74) is 0. The highest BCUT2D eigenvalue weighted by atomic mass is 32.1. The predicted molar refractivity (Wildman–Crippen MR) is 80.0 cm³/mol. The van der Waals surface area contributed by atoms with Gasteiger partial charge in [-0.15, -0.1) is 11.3 Å². The van der Waals surface area contributed by atoms with E-state index in [1.165, 1.54) is 30.8 Å². The fourth-order valence-electron chi connectivity index (χ4n) is 3.42. The van der Waals surface area contributed by atoms with E-state index in [0.29, 0.717) is 6.04 Å². The summed E-state index contributed by atoms with van der Waals surface area (Å²) in [7, 11) is 0. The van der Waals surface area contributed by atoms with Crippen molar-refractivity contribution in [3.05, 3.63) is 29.4 Å². The second-order valence-electron chi connectivity index (χ2n) is 5.84. The van der Waals surface area contributed by atoms with Gasteiger partial charge in [-0.3, -0.25) is 9.78 Å². The van der Waals surface area contributed by atoms with Gasteiger partial charge in [-0.05, 0) is 42.8 Å². The van der Waals surface area contributed by atoms with E-state index in [9.17, 15) is 4.79 Å². The number of rotatable bonds is 2. The first-order valence-corrected chi connectivity index (χ1v) is 7.96. The van der Waals surface area contributed by atoms with Gasteiger partial charge in [0, 0.05) is 31.5 Å². The fraction of sp³-hybridized carbons (Fsp3) is 0.467. The van der Waals surface area contributed by atoms with E-state index in [2.05, 4.69) is 15.2 Å². The summed E-state index contributed by atoms with van der Waals surface area (Å²) in [6, 6.07) is 4.23. The van der Waals surface area contributed by atoms with E-state index >= 15 is 0 Å². The Kier molecular flexibility index (Phi) is 2.97. The quantitative estimate of drug-likeness (QED) is 0.920. The minimum absolute atomic E-state index is 0.0682. The Morgan fingerprint density at radius 2 is 2.40 bits per heavy atom. The molecule has 0 spiro atoms. The molecule has 4 heterocycles. The van der Waals surface area contributed by atoms with Crippen LogP contribution in [0.4, 0.5) is 0 Å². The van der Waals surface area contributed by atoms with Gasteiger partial charge < -0.3 is 10.2 Å². The summed E-state index contributed by atoms with van der Waals surface area (Å²) >= 11 is 1.52. The van der Waals surface area contributed by atoms with Crippen LogP contribution >= 0.6 is 11.3 Å². The second kappa shape index (κ2) is 4.82. The number of nitrogens with zero attached hydrogens (tertiary/aromatic N) is 2. The topological polar surface area (TPSA) is 45.2 Å². The number of fused-ring (bicyclic) bond motifs is 3. The van der Waals surface area contributed by atoms with Crippen molar-refractivity contribution in [1.29, 1.82) is 0 Å². The maximum absolute atomic E-state index is 12.4. The summed E-state index contributed by atoms with van der Waals surface area (Å²) in [5.74, 6) is 0.847. The molecule has 0 aliphatic carbocycles. The molecule has 2 aliphatic heterocycles. The zero-order valence-corrected chi connectivity index (χ0v) is 12.0. The third kappa shape index (κ3) is 2.21. The highest BCUT2D eigenvalue weighted by Crippen LogP contribution is 2.28. The van der Waals surface area contributed by atoms with Crippen LogP contribution in [0, 0.1) is 5.92 Å². The number of pyridine rings is 1. The molecule has 0 radical (unpaired) electrons. The highest BCUT2D eigenvalue weighted by molar-refractivity contribution is 7.20. The number of hydrogen-bond acceptors (Lipinski definition) is 4. The van der Waals surface area contributed by atoms with E-state index in [1.54, 1.807) is 6.20 Å². The number of carbonyl (C=O) groups excluding carboxylic acids is 1. The Hall–Kier alpha value is -1.46. The normalized spacial score (nSPS) is 28.7. The zero-order valence-electron chi connectivity index (χ0n) is 11.2. The van der Waals surface area contributed by atoms with Crippen LogP contribution in [0.25, 0.3) is 10.1 Å². The molecule has 3 unspecified atom stereocenters. The number of carbonyl (C=O) groups is 1. The van der Waals surface area contributed by atoms with Gasteiger partial charge >= 0.3 is 0 Å². The van der Waals surface area contributed by atoms with Crippen molar-refractivity contribution in [3.63, 3.8) is 0 Å². The van der Waals surface area contributed by atoms with Crippen molar-refractivity contribution in [2.45, 2.75) is 18.9 Å². The van der Waals surface area contributed by atoms with Crippen LogP contribution in [0.2, 0.25) is 0 Å². The Labute approximate surface area is 121 Å². The molecule has 1 N–H and O–H groups in total.